The number of carbonyl (C=O) groups is 1. The summed E-state index contributed by atoms with van der Waals surface area (Å²) >= 11 is 12.0. The van der Waals surface area contributed by atoms with Crippen molar-refractivity contribution < 1.29 is 17.9 Å². The van der Waals surface area contributed by atoms with Gasteiger partial charge in [-0.1, -0.05) is 29.3 Å². The van der Waals surface area contributed by atoms with Crippen LogP contribution < -0.4 is 15.8 Å². The van der Waals surface area contributed by atoms with Gasteiger partial charge in [0.05, 0.1) is 21.5 Å². The van der Waals surface area contributed by atoms with Crippen LogP contribution in [0.1, 0.15) is 31.1 Å². The predicted molar refractivity (Wildman–Crippen MR) is 127 cm³/mol. The smallest absolute Gasteiger partial charge is 0.429 e. The number of aryl methyl sites for hydroxylation is 1. The number of halogens is 2. The Hall–Kier alpha value is -2.00. The SMILES string of the molecule is CCN(CC)c1ccc(N(N)C(=O)OC(CS(C)(=O)=O)c2ccc(Cl)c(Cl)c2)c(C)c1. The Balaban J connectivity index is 2.29. The lowest BCUT2D eigenvalue weighted by atomic mass is 10.1. The van der Waals surface area contributed by atoms with Gasteiger partial charge >= 0.3 is 6.09 Å². The number of carbonyl (C=O) groups excluding carboxylic acids is 1. The zero-order chi connectivity index (χ0) is 23.3. The Kier molecular flexibility index (Phi) is 8.59. The molecule has 0 heterocycles. The van der Waals surface area contributed by atoms with Crippen molar-refractivity contribution in [1.82, 2.24) is 0 Å². The zero-order valence-corrected chi connectivity index (χ0v) is 20.3. The van der Waals surface area contributed by atoms with Gasteiger partial charge in [0.2, 0.25) is 0 Å². The molecule has 1 amide bonds. The number of hydrazine groups is 1. The molecule has 2 aromatic rings. The monoisotopic (exact) mass is 487 g/mol. The number of anilines is 2. The number of amides is 1. The minimum absolute atomic E-state index is 0.223. The van der Waals surface area contributed by atoms with E-state index in [2.05, 4.69) is 18.7 Å². The van der Waals surface area contributed by atoms with E-state index in [1.807, 2.05) is 19.1 Å². The van der Waals surface area contributed by atoms with Crippen LogP contribution in [0.5, 0.6) is 0 Å². The molecular formula is C21H27Cl2N3O4S. The number of benzene rings is 2. The molecule has 2 rings (SSSR count). The van der Waals surface area contributed by atoms with Crippen LogP contribution in [0.2, 0.25) is 10.0 Å². The number of ether oxygens (including phenoxy) is 1. The van der Waals surface area contributed by atoms with Gasteiger partial charge in [0, 0.05) is 25.0 Å². The van der Waals surface area contributed by atoms with Crippen molar-refractivity contribution in [3.05, 3.63) is 57.6 Å². The highest BCUT2D eigenvalue weighted by Gasteiger charge is 2.26. The van der Waals surface area contributed by atoms with E-state index in [0.29, 0.717) is 16.3 Å². The summed E-state index contributed by atoms with van der Waals surface area (Å²) in [6.07, 6.45) is -0.932. The minimum atomic E-state index is -3.48. The van der Waals surface area contributed by atoms with Gasteiger partial charge in [-0.15, -0.1) is 0 Å². The van der Waals surface area contributed by atoms with E-state index in [-0.39, 0.29) is 5.02 Å². The molecule has 0 aliphatic carbocycles. The highest BCUT2D eigenvalue weighted by Crippen LogP contribution is 2.30. The summed E-state index contributed by atoms with van der Waals surface area (Å²) < 4.78 is 29.3. The molecule has 1 unspecified atom stereocenters. The fourth-order valence-electron chi connectivity index (χ4n) is 3.16. The Morgan fingerprint density at radius 1 is 1.10 bits per heavy atom. The molecule has 0 aromatic heterocycles. The minimum Gasteiger partial charge on any atom is -0.439 e. The number of sulfone groups is 1. The van der Waals surface area contributed by atoms with Crippen LogP contribution in [0.4, 0.5) is 16.2 Å². The standard InChI is InChI=1S/C21H27Cl2N3O4S/c1-5-25(6-2)16-8-10-19(14(3)11-16)26(24)21(27)30-20(13-31(4,28)29)15-7-9-17(22)18(23)12-15/h7-12,20H,5-6,13,24H2,1-4H3. The highest BCUT2D eigenvalue weighted by molar-refractivity contribution is 7.90. The fourth-order valence-corrected chi connectivity index (χ4v) is 4.28. The molecule has 0 bridgehead atoms. The molecule has 31 heavy (non-hydrogen) atoms. The van der Waals surface area contributed by atoms with Crippen molar-refractivity contribution in [2.45, 2.75) is 26.9 Å². The number of hydrogen-bond donors (Lipinski definition) is 1. The third kappa shape index (κ3) is 6.74. The molecule has 0 aliphatic rings. The number of nitrogens with zero attached hydrogens (tertiary/aromatic N) is 2. The van der Waals surface area contributed by atoms with Crippen LogP contribution in [0.15, 0.2) is 36.4 Å². The largest absolute Gasteiger partial charge is 0.439 e. The lowest BCUT2D eigenvalue weighted by Crippen LogP contribution is -2.39. The molecule has 0 saturated carbocycles. The van der Waals surface area contributed by atoms with Gasteiger partial charge in [-0.25, -0.2) is 24.1 Å². The molecule has 10 heteroatoms. The third-order valence-electron chi connectivity index (χ3n) is 4.78. The van der Waals surface area contributed by atoms with Crippen molar-refractivity contribution in [2.75, 3.05) is 35.0 Å². The maximum absolute atomic E-state index is 12.8. The Morgan fingerprint density at radius 3 is 2.26 bits per heavy atom. The number of hydrogen-bond acceptors (Lipinski definition) is 6. The molecule has 0 spiro atoms. The molecule has 2 aromatic carbocycles. The second-order valence-corrected chi connectivity index (χ2v) is 10.2. The molecule has 1 atom stereocenters. The first-order chi connectivity index (χ1) is 14.5. The van der Waals surface area contributed by atoms with E-state index in [1.165, 1.54) is 12.1 Å². The van der Waals surface area contributed by atoms with Crippen molar-refractivity contribution in [3.8, 4) is 0 Å². The summed E-state index contributed by atoms with van der Waals surface area (Å²) in [7, 11) is -3.48. The predicted octanol–water partition coefficient (Wildman–Crippen LogP) is 4.75. The highest BCUT2D eigenvalue weighted by atomic mass is 35.5. The van der Waals surface area contributed by atoms with E-state index in [9.17, 15) is 13.2 Å². The maximum Gasteiger partial charge on any atom is 0.429 e. The second-order valence-electron chi connectivity index (χ2n) is 7.15. The van der Waals surface area contributed by atoms with Gasteiger partial charge in [-0.05, 0) is 62.2 Å². The van der Waals surface area contributed by atoms with Gasteiger partial charge in [0.25, 0.3) is 0 Å². The first-order valence-electron chi connectivity index (χ1n) is 9.70. The van der Waals surface area contributed by atoms with Gasteiger partial charge in [0.15, 0.2) is 9.84 Å². The average Bonchev–Trinajstić information content (AvgIpc) is 2.69. The van der Waals surface area contributed by atoms with Crippen molar-refractivity contribution >= 4 is 50.5 Å². The molecule has 0 radical (unpaired) electrons. The van der Waals surface area contributed by atoms with Gasteiger partial charge in [-0.3, -0.25) is 0 Å². The van der Waals surface area contributed by atoms with Crippen LogP contribution in [-0.2, 0) is 14.6 Å². The summed E-state index contributed by atoms with van der Waals surface area (Å²) in [6, 6.07) is 10.1. The summed E-state index contributed by atoms with van der Waals surface area (Å²) in [5.74, 6) is 5.60. The first-order valence-corrected chi connectivity index (χ1v) is 12.5. The Morgan fingerprint density at radius 2 is 1.74 bits per heavy atom. The van der Waals surface area contributed by atoms with E-state index in [0.717, 1.165) is 35.6 Å². The van der Waals surface area contributed by atoms with E-state index in [1.54, 1.807) is 12.1 Å². The quantitative estimate of drug-likeness (QED) is 0.328. The summed E-state index contributed by atoms with van der Waals surface area (Å²) in [5.41, 5.74) is 2.64. The normalized spacial score (nSPS) is 12.4. The van der Waals surface area contributed by atoms with Gasteiger partial charge < -0.3 is 9.64 Å². The summed E-state index contributed by atoms with van der Waals surface area (Å²) in [4.78, 5) is 14.9. The van der Waals surface area contributed by atoms with Gasteiger partial charge in [-0.2, -0.15) is 0 Å². The van der Waals surface area contributed by atoms with Crippen LogP contribution in [0.3, 0.4) is 0 Å². The topological polar surface area (TPSA) is 92.9 Å². The van der Waals surface area contributed by atoms with Crippen molar-refractivity contribution in [2.24, 2.45) is 5.84 Å². The van der Waals surface area contributed by atoms with Crippen molar-refractivity contribution in [1.29, 1.82) is 0 Å². The molecule has 0 fully saturated rings. The lowest BCUT2D eigenvalue weighted by Gasteiger charge is -2.25. The number of nitrogens with two attached hydrogens (primary N) is 1. The van der Waals surface area contributed by atoms with Crippen molar-refractivity contribution in [3.63, 3.8) is 0 Å². The fraction of sp³-hybridized carbons (Fsp3) is 0.381. The van der Waals surface area contributed by atoms with E-state index in [4.69, 9.17) is 33.8 Å². The first kappa shape index (κ1) is 25.3. The van der Waals surface area contributed by atoms with Crippen LogP contribution >= 0.6 is 23.2 Å². The maximum atomic E-state index is 12.8. The molecule has 7 nitrogen and oxygen atoms in total. The van der Waals surface area contributed by atoms with E-state index < -0.39 is 27.8 Å². The van der Waals surface area contributed by atoms with Crippen LogP contribution in [-0.4, -0.2) is 39.6 Å². The zero-order valence-electron chi connectivity index (χ0n) is 17.9. The Bertz CT molecular complexity index is 1040. The molecule has 170 valence electrons. The van der Waals surface area contributed by atoms with Crippen LogP contribution in [0, 0.1) is 6.92 Å². The van der Waals surface area contributed by atoms with Crippen LogP contribution in [0.25, 0.3) is 0 Å². The third-order valence-corrected chi connectivity index (χ3v) is 6.43. The molecule has 2 N–H and O–H groups in total. The average molecular weight is 488 g/mol. The molecular weight excluding hydrogens is 461 g/mol. The molecule has 0 saturated heterocycles. The summed E-state index contributed by atoms with van der Waals surface area (Å²) in [5, 5.41) is 1.40. The number of rotatable bonds is 8. The second kappa shape index (κ2) is 10.5. The lowest BCUT2D eigenvalue weighted by molar-refractivity contribution is 0.115. The van der Waals surface area contributed by atoms with E-state index >= 15 is 0 Å². The molecule has 0 aliphatic heterocycles. The van der Waals surface area contributed by atoms with Gasteiger partial charge in [0.1, 0.15) is 6.10 Å². The Labute approximate surface area is 193 Å². The summed E-state index contributed by atoms with van der Waals surface area (Å²) in [6.45, 7) is 7.65.